The van der Waals surface area contributed by atoms with E-state index in [-0.39, 0.29) is 23.4 Å². The monoisotopic (exact) mass is 310 g/mol. The first-order chi connectivity index (χ1) is 10.4. The van der Waals surface area contributed by atoms with Gasteiger partial charge in [0.15, 0.2) is 0 Å². The van der Waals surface area contributed by atoms with Gasteiger partial charge in [0.25, 0.3) is 0 Å². The molecule has 8 nitrogen and oxygen atoms in total. The van der Waals surface area contributed by atoms with Gasteiger partial charge in [0.05, 0.1) is 4.92 Å². The summed E-state index contributed by atoms with van der Waals surface area (Å²) in [5.41, 5.74) is -0.101. The first-order valence-electron chi connectivity index (χ1n) is 7.61. The van der Waals surface area contributed by atoms with Crippen LogP contribution < -0.4 is 15.5 Å². The SMILES string of the molecule is CCCCCNc1nc(N(C)C)nc(NC(C)C)c1[N+](=O)[O-]. The van der Waals surface area contributed by atoms with E-state index in [9.17, 15) is 10.1 Å². The molecule has 0 aliphatic rings. The Morgan fingerprint density at radius 3 is 2.36 bits per heavy atom. The van der Waals surface area contributed by atoms with Gasteiger partial charge in [-0.05, 0) is 20.3 Å². The molecular formula is C14H26N6O2. The van der Waals surface area contributed by atoms with Crippen molar-refractivity contribution in [2.45, 2.75) is 46.1 Å². The number of hydrogen-bond acceptors (Lipinski definition) is 7. The lowest BCUT2D eigenvalue weighted by Crippen LogP contribution is -2.19. The van der Waals surface area contributed by atoms with E-state index in [1.807, 2.05) is 13.8 Å². The number of aromatic nitrogens is 2. The maximum atomic E-state index is 11.4. The van der Waals surface area contributed by atoms with Gasteiger partial charge in [0.1, 0.15) is 0 Å². The minimum absolute atomic E-state index is 0.0385. The molecular weight excluding hydrogens is 284 g/mol. The Bertz CT molecular complexity index is 504. The molecule has 2 N–H and O–H groups in total. The van der Waals surface area contributed by atoms with Crippen LogP contribution in [-0.2, 0) is 0 Å². The largest absolute Gasteiger partial charge is 0.364 e. The Kier molecular flexibility index (Phi) is 6.81. The predicted octanol–water partition coefficient (Wildman–Crippen LogP) is 2.87. The molecule has 22 heavy (non-hydrogen) atoms. The van der Waals surface area contributed by atoms with Crippen molar-refractivity contribution >= 4 is 23.3 Å². The van der Waals surface area contributed by atoms with E-state index < -0.39 is 4.92 Å². The Balaban J connectivity index is 3.18. The van der Waals surface area contributed by atoms with Crippen molar-refractivity contribution in [1.82, 2.24) is 9.97 Å². The van der Waals surface area contributed by atoms with Crippen LogP contribution in [0.4, 0.5) is 23.3 Å². The molecule has 8 heteroatoms. The molecule has 0 bridgehead atoms. The van der Waals surface area contributed by atoms with Crippen molar-refractivity contribution in [2.24, 2.45) is 0 Å². The fourth-order valence-corrected chi connectivity index (χ4v) is 1.90. The van der Waals surface area contributed by atoms with Crippen LogP contribution in [0.3, 0.4) is 0 Å². The Labute approximate surface area is 131 Å². The van der Waals surface area contributed by atoms with Crippen molar-refractivity contribution in [1.29, 1.82) is 0 Å². The summed E-state index contributed by atoms with van der Waals surface area (Å²) >= 11 is 0. The maximum absolute atomic E-state index is 11.4. The average Bonchev–Trinajstić information content (AvgIpc) is 2.42. The number of rotatable bonds is 9. The van der Waals surface area contributed by atoms with Crippen LogP contribution in [0.1, 0.15) is 40.0 Å². The number of hydrogen-bond donors (Lipinski definition) is 2. The summed E-state index contributed by atoms with van der Waals surface area (Å²) in [6.45, 7) is 6.59. The van der Waals surface area contributed by atoms with E-state index in [4.69, 9.17) is 0 Å². The molecule has 1 heterocycles. The van der Waals surface area contributed by atoms with E-state index in [1.54, 1.807) is 19.0 Å². The standard InChI is InChI=1S/C14H26N6O2/c1-6-7-8-9-15-12-11(20(21)22)13(16-10(2)3)18-14(17-12)19(4)5/h10H,6-9H2,1-5H3,(H2,15,16,17,18). The van der Waals surface area contributed by atoms with Gasteiger partial charge in [-0.1, -0.05) is 19.8 Å². The summed E-state index contributed by atoms with van der Waals surface area (Å²) in [6, 6.07) is 0.0385. The second-order valence-electron chi connectivity index (χ2n) is 5.65. The maximum Gasteiger partial charge on any atom is 0.353 e. The number of unbranched alkanes of at least 4 members (excludes halogenated alkanes) is 2. The minimum atomic E-state index is -0.438. The van der Waals surface area contributed by atoms with Crippen molar-refractivity contribution in [3.63, 3.8) is 0 Å². The molecule has 0 atom stereocenters. The number of nitro groups is 1. The molecule has 1 rings (SSSR count). The zero-order chi connectivity index (χ0) is 16.7. The molecule has 0 unspecified atom stereocenters. The zero-order valence-electron chi connectivity index (χ0n) is 14.0. The van der Waals surface area contributed by atoms with Crippen molar-refractivity contribution < 1.29 is 4.92 Å². The summed E-state index contributed by atoms with van der Waals surface area (Å²) in [5.74, 6) is 0.950. The van der Waals surface area contributed by atoms with Gasteiger partial charge in [-0.2, -0.15) is 9.97 Å². The lowest BCUT2D eigenvalue weighted by atomic mass is 10.2. The first-order valence-corrected chi connectivity index (χ1v) is 7.61. The Hall–Kier alpha value is -2.12. The van der Waals surface area contributed by atoms with Gasteiger partial charge >= 0.3 is 5.69 Å². The fraction of sp³-hybridized carbons (Fsp3) is 0.714. The lowest BCUT2D eigenvalue weighted by Gasteiger charge is -2.17. The summed E-state index contributed by atoms with van der Waals surface area (Å²) < 4.78 is 0. The van der Waals surface area contributed by atoms with Gasteiger partial charge in [-0.3, -0.25) is 10.1 Å². The zero-order valence-corrected chi connectivity index (χ0v) is 14.0. The Morgan fingerprint density at radius 1 is 1.23 bits per heavy atom. The van der Waals surface area contributed by atoms with E-state index in [0.717, 1.165) is 19.3 Å². The molecule has 1 aromatic rings. The molecule has 1 aromatic heterocycles. The van der Waals surface area contributed by atoms with Crippen LogP contribution in [0.2, 0.25) is 0 Å². The average molecular weight is 310 g/mol. The third-order valence-electron chi connectivity index (χ3n) is 2.95. The molecule has 0 aliphatic carbocycles. The molecule has 0 spiro atoms. The minimum Gasteiger partial charge on any atom is -0.364 e. The highest BCUT2D eigenvalue weighted by molar-refractivity contribution is 5.72. The highest BCUT2D eigenvalue weighted by Crippen LogP contribution is 2.32. The molecule has 0 fully saturated rings. The summed E-state index contributed by atoms with van der Waals surface area (Å²) in [7, 11) is 3.61. The van der Waals surface area contributed by atoms with Crippen LogP contribution >= 0.6 is 0 Å². The summed E-state index contributed by atoms with van der Waals surface area (Å²) in [4.78, 5) is 21.3. The first kappa shape index (κ1) is 17.9. The van der Waals surface area contributed by atoms with Crippen LogP contribution in [0, 0.1) is 10.1 Å². The molecule has 0 saturated carbocycles. The quantitative estimate of drug-likeness (QED) is 0.411. The van der Waals surface area contributed by atoms with Crippen molar-refractivity contribution in [2.75, 3.05) is 36.2 Å². The number of nitrogens with zero attached hydrogens (tertiary/aromatic N) is 4. The smallest absolute Gasteiger partial charge is 0.353 e. The van der Waals surface area contributed by atoms with Gasteiger partial charge in [0.2, 0.25) is 17.6 Å². The van der Waals surface area contributed by atoms with Gasteiger partial charge < -0.3 is 15.5 Å². The van der Waals surface area contributed by atoms with Crippen molar-refractivity contribution in [3.05, 3.63) is 10.1 Å². The molecule has 0 radical (unpaired) electrons. The van der Waals surface area contributed by atoms with E-state index in [1.165, 1.54) is 0 Å². The molecule has 0 aromatic carbocycles. The van der Waals surface area contributed by atoms with Crippen molar-refractivity contribution in [3.8, 4) is 0 Å². The molecule has 124 valence electrons. The number of anilines is 3. The summed E-state index contributed by atoms with van der Waals surface area (Å²) in [5, 5.41) is 17.5. The van der Waals surface area contributed by atoms with E-state index in [0.29, 0.717) is 12.5 Å². The molecule has 0 aliphatic heterocycles. The van der Waals surface area contributed by atoms with Crippen LogP contribution in [0.5, 0.6) is 0 Å². The van der Waals surface area contributed by atoms with Crippen LogP contribution in [-0.4, -0.2) is 41.6 Å². The lowest BCUT2D eigenvalue weighted by molar-refractivity contribution is -0.383. The van der Waals surface area contributed by atoms with Gasteiger partial charge in [-0.25, -0.2) is 0 Å². The van der Waals surface area contributed by atoms with E-state index in [2.05, 4.69) is 27.5 Å². The normalized spacial score (nSPS) is 10.6. The molecule has 0 saturated heterocycles. The highest BCUT2D eigenvalue weighted by atomic mass is 16.6. The predicted molar refractivity (Wildman–Crippen MR) is 89.8 cm³/mol. The van der Waals surface area contributed by atoms with Gasteiger partial charge in [0, 0.05) is 26.7 Å². The second kappa shape index (κ2) is 8.35. The third kappa shape index (κ3) is 5.01. The topological polar surface area (TPSA) is 96.2 Å². The Morgan fingerprint density at radius 2 is 1.86 bits per heavy atom. The fourth-order valence-electron chi connectivity index (χ4n) is 1.90. The molecule has 0 amide bonds. The number of nitrogens with one attached hydrogen (secondary N) is 2. The third-order valence-corrected chi connectivity index (χ3v) is 2.95. The van der Waals surface area contributed by atoms with E-state index >= 15 is 0 Å². The second-order valence-corrected chi connectivity index (χ2v) is 5.65. The van der Waals surface area contributed by atoms with Gasteiger partial charge in [-0.15, -0.1) is 0 Å². The summed E-state index contributed by atoms with van der Waals surface area (Å²) in [6.07, 6.45) is 3.11. The van der Waals surface area contributed by atoms with Crippen LogP contribution in [0.15, 0.2) is 0 Å². The van der Waals surface area contributed by atoms with Crippen LogP contribution in [0.25, 0.3) is 0 Å². The highest BCUT2D eigenvalue weighted by Gasteiger charge is 2.25.